The average molecular weight is 397 g/mol. The van der Waals surface area contributed by atoms with Gasteiger partial charge in [0.15, 0.2) is 5.67 Å². The largest absolute Gasteiger partial charge is 0.303 e. The molecule has 1 saturated heterocycles. The Balaban J connectivity index is 1.48. The van der Waals surface area contributed by atoms with Gasteiger partial charge in [-0.1, -0.05) is 19.1 Å². The summed E-state index contributed by atoms with van der Waals surface area (Å²) in [5, 5.41) is 11.1. The topological polar surface area (TPSA) is 88.8 Å². The Kier molecular flexibility index (Phi) is 5.23. The maximum Gasteiger partial charge on any atom is 0.264 e. The zero-order valence-electron chi connectivity index (χ0n) is 16.5. The van der Waals surface area contributed by atoms with E-state index in [9.17, 15) is 4.79 Å². The fraction of sp³-hybridized carbons (Fsp3) is 0.450. The molecule has 0 saturated carbocycles. The van der Waals surface area contributed by atoms with E-state index in [0.29, 0.717) is 24.5 Å². The van der Waals surface area contributed by atoms with E-state index in [4.69, 9.17) is 0 Å². The van der Waals surface area contributed by atoms with Gasteiger partial charge in [0.1, 0.15) is 0 Å². The summed E-state index contributed by atoms with van der Waals surface area (Å²) >= 11 is 0. The summed E-state index contributed by atoms with van der Waals surface area (Å²) < 4.78 is 16.8. The first-order valence-corrected chi connectivity index (χ1v) is 9.79. The highest BCUT2D eigenvalue weighted by Crippen LogP contribution is 2.28. The van der Waals surface area contributed by atoms with Crippen LogP contribution < -0.4 is 5.32 Å². The molecule has 2 aromatic heterocycles. The zero-order chi connectivity index (χ0) is 20.4. The number of nitrogens with one attached hydrogen (secondary N) is 1. The molecule has 0 bridgehead atoms. The lowest BCUT2D eigenvalue weighted by molar-refractivity contribution is -0.130. The molecule has 1 aliphatic rings. The summed E-state index contributed by atoms with van der Waals surface area (Å²) in [5.74, 6) is -0.0577. The van der Waals surface area contributed by atoms with Crippen LogP contribution in [0, 0.1) is 5.92 Å². The Morgan fingerprint density at radius 1 is 1.31 bits per heavy atom. The van der Waals surface area contributed by atoms with Crippen molar-refractivity contribution < 1.29 is 9.18 Å². The number of halogens is 1. The number of benzene rings is 1. The lowest BCUT2D eigenvalue weighted by atomic mass is 9.92. The van der Waals surface area contributed by atoms with Gasteiger partial charge in [-0.05, 0) is 24.1 Å². The van der Waals surface area contributed by atoms with Crippen LogP contribution in [-0.4, -0.2) is 61.1 Å². The van der Waals surface area contributed by atoms with Gasteiger partial charge in [0.05, 0.1) is 23.6 Å². The normalized spacial score (nSPS) is 17.0. The van der Waals surface area contributed by atoms with E-state index in [-0.39, 0.29) is 18.8 Å². The Morgan fingerprint density at radius 3 is 2.79 bits per heavy atom. The van der Waals surface area contributed by atoms with Crippen LogP contribution in [0.15, 0.2) is 36.8 Å². The van der Waals surface area contributed by atoms with Gasteiger partial charge in [-0.25, -0.2) is 19.0 Å². The maximum atomic E-state index is 15.2. The van der Waals surface area contributed by atoms with Gasteiger partial charge in [-0.2, -0.15) is 0 Å². The number of fused-ring (bicyclic) bond motifs is 1. The summed E-state index contributed by atoms with van der Waals surface area (Å²) in [6.45, 7) is 6.33. The number of likely N-dealkylation sites (tertiary alicyclic amines) is 1. The van der Waals surface area contributed by atoms with Crippen molar-refractivity contribution in [2.75, 3.05) is 25.0 Å². The van der Waals surface area contributed by atoms with Crippen molar-refractivity contribution in [1.29, 1.82) is 0 Å². The molecule has 0 spiro atoms. The predicted octanol–water partition coefficient (Wildman–Crippen LogP) is 2.61. The first kappa shape index (κ1) is 19.4. The number of hydrogen-bond donors (Lipinski definition) is 1. The second-order valence-electron chi connectivity index (χ2n) is 7.90. The Bertz CT molecular complexity index is 997. The maximum absolute atomic E-state index is 15.2. The Morgan fingerprint density at radius 2 is 2.10 bits per heavy atom. The second kappa shape index (κ2) is 7.82. The minimum absolute atomic E-state index is 0.0971. The van der Waals surface area contributed by atoms with Crippen molar-refractivity contribution in [3.8, 4) is 5.69 Å². The minimum Gasteiger partial charge on any atom is -0.303 e. The molecule has 1 fully saturated rings. The molecule has 9 heteroatoms. The average Bonchev–Trinajstić information content (AvgIpc) is 3.24. The lowest BCUT2D eigenvalue weighted by Gasteiger charge is -2.35. The molecule has 29 heavy (non-hydrogen) atoms. The monoisotopic (exact) mass is 397 g/mol. The van der Waals surface area contributed by atoms with Gasteiger partial charge in [-0.3, -0.25) is 10.1 Å². The van der Waals surface area contributed by atoms with E-state index >= 15 is 4.39 Å². The quantitative estimate of drug-likeness (QED) is 0.712. The number of anilines is 1. The fourth-order valence-corrected chi connectivity index (χ4v) is 3.61. The molecular weight excluding hydrogens is 373 g/mol. The van der Waals surface area contributed by atoms with Crippen LogP contribution in [0.4, 0.5) is 10.3 Å². The number of carbonyl (C=O) groups is 1. The van der Waals surface area contributed by atoms with Crippen LogP contribution in [0.2, 0.25) is 0 Å². The van der Waals surface area contributed by atoms with Crippen LogP contribution in [-0.2, 0) is 4.79 Å². The molecule has 8 nitrogen and oxygen atoms in total. The molecule has 152 valence electrons. The number of nitrogens with zero attached hydrogens (tertiary/aromatic N) is 6. The molecule has 0 unspecified atom stereocenters. The highest BCUT2D eigenvalue weighted by atomic mass is 19.1. The van der Waals surface area contributed by atoms with E-state index in [0.717, 1.165) is 17.6 Å². The molecule has 1 N–H and O–H groups in total. The van der Waals surface area contributed by atoms with Gasteiger partial charge in [0.2, 0.25) is 5.95 Å². The number of rotatable bonds is 5. The summed E-state index contributed by atoms with van der Waals surface area (Å²) in [7, 11) is 0. The molecule has 0 radical (unpaired) electrons. The van der Waals surface area contributed by atoms with Gasteiger partial charge in [0, 0.05) is 44.1 Å². The number of piperidine rings is 1. The fourth-order valence-electron chi connectivity index (χ4n) is 3.61. The van der Waals surface area contributed by atoms with Gasteiger partial charge >= 0.3 is 0 Å². The van der Waals surface area contributed by atoms with Crippen LogP contribution >= 0.6 is 0 Å². The number of hydrogen-bond acceptors (Lipinski definition) is 6. The highest BCUT2D eigenvalue weighted by molar-refractivity contribution is 5.96. The van der Waals surface area contributed by atoms with E-state index in [1.165, 1.54) is 0 Å². The summed E-state index contributed by atoms with van der Waals surface area (Å²) in [6, 6.07) is 5.55. The minimum atomic E-state index is -1.89. The van der Waals surface area contributed by atoms with Crippen molar-refractivity contribution in [3.63, 3.8) is 0 Å². The van der Waals surface area contributed by atoms with Crippen molar-refractivity contribution >= 4 is 22.8 Å². The van der Waals surface area contributed by atoms with Crippen LogP contribution in [0.1, 0.15) is 26.7 Å². The first-order chi connectivity index (χ1) is 13.9. The molecular formula is C20H24FN7O. The van der Waals surface area contributed by atoms with Gasteiger partial charge < -0.3 is 4.90 Å². The van der Waals surface area contributed by atoms with Gasteiger partial charge in [-0.15, -0.1) is 5.10 Å². The summed E-state index contributed by atoms with van der Waals surface area (Å²) in [4.78, 5) is 23.4. The van der Waals surface area contributed by atoms with Crippen LogP contribution in [0.3, 0.4) is 0 Å². The van der Waals surface area contributed by atoms with Crippen LogP contribution in [0.5, 0.6) is 0 Å². The Hall–Kier alpha value is -2.94. The number of amides is 1. The van der Waals surface area contributed by atoms with E-state index in [2.05, 4.69) is 44.3 Å². The summed E-state index contributed by atoms with van der Waals surface area (Å²) in [6.07, 6.45) is 5.27. The van der Waals surface area contributed by atoms with E-state index < -0.39 is 11.6 Å². The van der Waals surface area contributed by atoms with Crippen molar-refractivity contribution in [3.05, 3.63) is 36.8 Å². The lowest BCUT2D eigenvalue weighted by Crippen LogP contribution is -2.49. The van der Waals surface area contributed by atoms with Crippen molar-refractivity contribution in [2.24, 2.45) is 5.92 Å². The number of alkyl halides is 1. The summed E-state index contributed by atoms with van der Waals surface area (Å²) in [5.41, 5.74) is -0.484. The molecule has 0 aliphatic carbocycles. The molecule has 4 rings (SSSR count). The predicted molar refractivity (Wildman–Crippen MR) is 107 cm³/mol. The molecule has 0 atom stereocenters. The molecule has 3 aromatic rings. The van der Waals surface area contributed by atoms with Crippen molar-refractivity contribution in [1.82, 2.24) is 29.9 Å². The third kappa shape index (κ3) is 4.24. The van der Waals surface area contributed by atoms with E-state index in [1.807, 2.05) is 18.2 Å². The zero-order valence-corrected chi connectivity index (χ0v) is 16.5. The number of aromatic nitrogens is 5. The Labute approximate surface area is 168 Å². The third-order valence-corrected chi connectivity index (χ3v) is 5.16. The smallest absolute Gasteiger partial charge is 0.264 e. The standard InChI is InChI=1S/C20H24FN7O/c1-14(2)13-27-8-5-20(21,6-9-27)18(29)25-19-22-12-15-3-4-16(11-17(15)24-19)28-10-7-23-26-28/h3-4,7,10-12,14H,5-6,8-9,13H2,1-2H3,(H,22,24,25,29). The first-order valence-electron chi connectivity index (χ1n) is 9.79. The SMILES string of the molecule is CC(C)CN1CCC(F)(C(=O)Nc2ncc3ccc(-n4ccnn4)cc3n2)CC1. The van der Waals surface area contributed by atoms with E-state index in [1.54, 1.807) is 23.3 Å². The molecule has 1 amide bonds. The molecule has 1 aliphatic heterocycles. The number of carbonyl (C=O) groups excluding carboxylic acids is 1. The highest BCUT2D eigenvalue weighted by Gasteiger charge is 2.42. The molecule has 3 heterocycles. The molecule has 1 aromatic carbocycles. The van der Waals surface area contributed by atoms with Crippen molar-refractivity contribution in [2.45, 2.75) is 32.4 Å². The second-order valence-corrected chi connectivity index (χ2v) is 7.90. The van der Waals surface area contributed by atoms with Gasteiger partial charge in [0.25, 0.3) is 5.91 Å². The third-order valence-electron chi connectivity index (χ3n) is 5.16. The van der Waals surface area contributed by atoms with Crippen LogP contribution in [0.25, 0.3) is 16.6 Å².